The molecule has 12 heavy (non-hydrogen) atoms. The molecule has 68 valence electrons. The first-order chi connectivity index (χ1) is 5.41. The van der Waals surface area contributed by atoms with E-state index < -0.39 is 19.5 Å². The lowest BCUT2D eigenvalue weighted by Crippen LogP contribution is -2.06. The monoisotopic (exact) mass is 192 g/mol. The molecule has 0 spiro atoms. The van der Waals surface area contributed by atoms with Gasteiger partial charge in [0.15, 0.2) is 0 Å². The Hall–Kier alpha value is -0.640. The Kier molecular flexibility index (Phi) is 2.37. The minimum Gasteiger partial charge on any atom is -0.481 e. The Morgan fingerprint density at radius 2 is 2.17 bits per heavy atom. The van der Waals surface area contributed by atoms with Gasteiger partial charge in [0.1, 0.15) is 0 Å². The summed E-state index contributed by atoms with van der Waals surface area (Å²) in [4.78, 5) is 27.7. The summed E-state index contributed by atoms with van der Waals surface area (Å²) in [6, 6.07) is 0. The fourth-order valence-corrected chi connectivity index (χ4v) is 1.93. The molecular weight excluding hydrogens is 183 g/mol. The maximum Gasteiger partial charge on any atom is 0.351 e. The van der Waals surface area contributed by atoms with E-state index in [1.54, 1.807) is 0 Å². The van der Waals surface area contributed by atoms with Crippen LogP contribution in [0, 0.1) is 5.92 Å². The van der Waals surface area contributed by atoms with Gasteiger partial charge in [0.2, 0.25) is 0 Å². The second-order valence-electron chi connectivity index (χ2n) is 2.69. The summed E-state index contributed by atoms with van der Waals surface area (Å²) in [5, 5.41) is 8.45. The SMILES string of the molecule is O=C(O)C1C=C(P(=O)(O)O)CC1. The van der Waals surface area contributed by atoms with E-state index in [4.69, 9.17) is 14.9 Å². The van der Waals surface area contributed by atoms with Crippen molar-refractivity contribution in [1.29, 1.82) is 0 Å². The lowest BCUT2D eigenvalue weighted by atomic mass is 10.1. The highest BCUT2D eigenvalue weighted by atomic mass is 31.2. The zero-order valence-electron chi connectivity index (χ0n) is 6.17. The van der Waals surface area contributed by atoms with Crippen molar-refractivity contribution in [3.05, 3.63) is 11.4 Å². The van der Waals surface area contributed by atoms with E-state index in [0.29, 0.717) is 0 Å². The van der Waals surface area contributed by atoms with Gasteiger partial charge in [-0.2, -0.15) is 0 Å². The highest BCUT2D eigenvalue weighted by Gasteiger charge is 2.30. The van der Waals surface area contributed by atoms with Crippen molar-refractivity contribution in [3.8, 4) is 0 Å². The molecule has 0 fully saturated rings. The van der Waals surface area contributed by atoms with Gasteiger partial charge >= 0.3 is 13.6 Å². The summed E-state index contributed by atoms with van der Waals surface area (Å²) in [6.07, 6.45) is 1.63. The van der Waals surface area contributed by atoms with Gasteiger partial charge in [-0.15, -0.1) is 0 Å². The van der Waals surface area contributed by atoms with Crippen molar-refractivity contribution in [2.75, 3.05) is 0 Å². The average Bonchev–Trinajstić information content (AvgIpc) is 2.30. The second kappa shape index (κ2) is 3.01. The van der Waals surface area contributed by atoms with Gasteiger partial charge in [-0.3, -0.25) is 9.36 Å². The molecule has 0 aliphatic heterocycles. The molecule has 6 heteroatoms. The van der Waals surface area contributed by atoms with Crippen LogP contribution in [0.1, 0.15) is 12.8 Å². The van der Waals surface area contributed by atoms with Crippen LogP contribution in [-0.4, -0.2) is 20.9 Å². The molecule has 0 aromatic heterocycles. The van der Waals surface area contributed by atoms with E-state index in [1.807, 2.05) is 0 Å². The van der Waals surface area contributed by atoms with Crippen LogP contribution >= 0.6 is 7.60 Å². The number of allylic oxidation sites excluding steroid dienone is 1. The molecule has 5 nitrogen and oxygen atoms in total. The number of hydrogen-bond acceptors (Lipinski definition) is 2. The summed E-state index contributed by atoms with van der Waals surface area (Å²) >= 11 is 0. The van der Waals surface area contributed by atoms with Crippen molar-refractivity contribution in [2.24, 2.45) is 5.92 Å². The van der Waals surface area contributed by atoms with E-state index in [2.05, 4.69) is 0 Å². The van der Waals surface area contributed by atoms with Crippen molar-refractivity contribution >= 4 is 13.6 Å². The second-order valence-corrected chi connectivity index (χ2v) is 4.35. The number of rotatable bonds is 2. The Labute approximate surface area is 68.9 Å². The summed E-state index contributed by atoms with van der Waals surface area (Å²) < 4.78 is 10.6. The topological polar surface area (TPSA) is 94.8 Å². The average molecular weight is 192 g/mol. The third-order valence-corrected chi connectivity index (χ3v) is 2.92. The fourth-order valence-electron chi connectivity index (χ4n) is 1.14. The Bertz CT molecular complexity index is 276. The van der Waals surface area contributed by atoms with E-state index in [0.717, 1.165) is 6.08 Å². The van der Waals surface area contributed by atoms with E-state index in [9.17, 15) is 9.36 Å². The molecule has 1 aliphatic carbocycles. The van der Waals surface area contributed by atoms with E-state index in [-0.39, 0.29) is 18.2 Å². The van der Waals surface area contributed by atoms with Gasteiger partial charge in [-0.05, 0) is 12.8 Å². The van der Waals surface area contributed by atoms with Crippen LogP contribution in [0.3, 0.4) is 0 Å². The lowest BCUT2D eigenvalue weighted by molar-refractivity contribution is -0.140. The predicted molar refractivity (Wildman–Crippen MR) is 40.5 cm³/mol. The number of carboxylic acid groups (broad SMARTS) is 1. The van der Waals surface area contributed by atoms with Gasteiger partial charge in [0, 0.05) is 5.31 Å². The largest absolute Gasteiger partial charge is 0.481 e. The van der Waals surface area contributed by atoms with Crippen LogP contribution in [0.2, 0.25) is 0 Å². The Morgan fingerprint density at radius 1 is 1.58 bits per heavy atom. The van der Waals surface area contributed by atoms with Crippen LogP contribution in [-0.2, 0) is 9.36 Å². The molecule has 0 aromatic rings. The molecule has 0 heterocycles. The van der Waals surface area contributed by atoms with Gasteiger partial charge < -0.3 is 14.9 Å². The van der Waals surface area contributed by atoms with Crippen molar-refractivity contribution < 1.29 is 24.3 Å². The van der Waals surface area contributed by atoms with Crippen LogP contribution in [0.15, 0.2) is 11.4 Å². The normalized spacial score (nSPS) is 23.8. The molecule has 0 saturated heterocycles. The van der Waals surface area contributed by atoms with E-state index in [1.165, 1.54) is 0 Å². The van der Waals surface area contributed by atoms with E-state index >= 15 is 0 Å². The van der Waals surface area contributed by atoms with Crippen molar-refractivity contribution in [3.63, 3.8) is 0 Å². The van der Waals surface area contributed by atoms with Crippen molar-refractivity contribution in [2.45, 2.75) is 12.8 Å². The maximum atomic E-state index is 10.6. The van der Waals surface area contributed by atoms with Crippen LogP contribution in [0.25, 0.3) is 0 Å². The zero-order valence-corrected chi connectivity index (χ0v) is 7.07. The molecule has 0 aromatic carbocycles. The summed E-state index contributed by atoms with van der Waals surface area (Å²) in [7, 11) is -4.19. The lowest BCUT2D eigenvalue weighted by Gasteiger charge is -2.01. The van der Waals surface area contributed by atoms with Crippen LogP contribution in [0.4, 0.5) is 0 Å². The molecule has 3 N–H and O–H groups in total. The third kappa shape index (κ3) is 1.94. The van der Waals surface area contributed by atoms with Gasteiger partial charge in [0.25, 0.3) is 0 Å². The van der Waals surface area contributed by atoms with Gasteiger partial charge in [-0.1, -0.05) is 6.08 Å². The molecule has 1 unspecified atom stereocenters. The highest BCUT2D eigenvalue weighted by molar-refractivity contribution is 7.56. The number of carbonyl (C=O) groups is 1. The standard InChI is InChI=1S/C6H9O5P/c7-6(8)4-1-2-5(3-4)12(9,10)11/h3-4H,1-2H2,(H,7,8)(H2,9,10,11). The summed E-state index contributed by atoms with van der Waals surface area (Å²) in [6.45, 7) is 0. The molecule has 0 amide bonds. The highest BCUT2D eigenvalue weighted by Crippen LogP contribution is 2.50. The number of aliphatic carboxylic acids is 1. The number of carboxylic acids is 1. The molecule has 1 aliphatic rings. The molecule has 1 rings (SSSR count). The minimum atomic E-state index is -4.19. The Morgan fingerprint density at radius 3 is 2.42 bits per heavy atom. The van der Waals surface area contributed by atoms with Gasteiger partial charge in [0.05, 0.1) is 5.92 Å². The first kappa shape index (κ1) is 9.45. The molecular formula is C6H9O5P. The summed E-state index contributed by atoms with van der Waals surface area (Å²) in [5.41, 5.74) is 0. The molecule has 0 saturated carbocycles. The molecule has 0 radical (unpaired) electrons. The quantitative estimate of drug-likeness (QED) is 0.555. The maximum absolute atomic E-state index is 10.6. The smallest absolute Gasteiger partial charge is 0.351 e. The number of hydrogen-bond donors (Lipinski definition) is 3. The van der Waals surface area contributed by atoms with Gasteiger partial charge in [-0.25, -0.2) is 0 Å². The first-order valence-electron chi connectivity index (χ1n) is 3.41. The van der Waals surface area contributed by atoms with Crippen molar-refractivity contribution in [1.82, 2.24) is 0 Å². The fraction of sp³-hybridized carbons (Fsp3) is 0.500. The predicted octanol–water partition coefficient (Wildman–Crippen LogP) is 0.543. The zero-order chi connectivity index (χ0) is 9.35. The van der Waals surface area contributed by atoms with Crippen LogP contribution in [0.5, 0.6) is 0 Å². The molecule has 0 bridgehead atoms. The summed E-state index contributed by atoms with van der Waals surface area (Å²) in [5.74, 6) is -1.76. The first-order valence-corrected chi connectivity index (χ1v) is 5.02. The third-order valence-electron chi connectivity index (χ3n) is 1.80. The molecule has 1 atom stereocenters. The Balaban J connectivity index is 2.80. The minimum absolute atomic E-state index is 0.0464. The van der Waals surface area contributed by atoms with Crippen LogP contribution < -0.4 is 0 Å².